The van der Waals surface area contributed by atoms with E-state index in [0.29, 0.717) is 23.3 Å². The van der Waals surface area contributed by atoms with E-state index in [0.717, 1.165) is 50.9 Å². The number of hydrogen-bond donors (Lipinski definition) is 1. The molecule has 2 aliphatic rings. The third-order valence-corrected chi connectivity index (χ3v) is 6.78. The van der Waals surface area contributed by atoms with Gasteiger partial charge in [-0.15, -0.1) is 0 Å². The Morgan fingerprint density at radius 2 is 1.91 bits per heavy atom. The number of allylic oxidation sites excluding steroid dienone is 1. The molecular weight excluding hydrogens is 419 g/mol. The molecule has 2 heterocycles. The second-order valence-corrected chi connectivity index (χ2v) is 8.98. The summed E-state index contributed by atoms with van der Waals surface area (Å²) in [5.74, 6) is 0.351. The predicted molar refractivity (Wildman–Crippen MR) is 117 cm³/mol. The zero-order chi connectivity index (χ0) is 23.0. The first-order valence-corrected chi connectivity index (χ1v) is 10.9. The first-order chi connectivity index (χ1) is 15.1. The zero-order valence-electron chi connectivity index (χ0n) is 18.1. The number of primary amides is 1. The first kappa shape index (κ1) is 22.5. The lowest BCUT2D eigenvalue weighted by Crippen LogP contribution is -2.64. The van der Waals surface area contributed by atoms with Gasteiger partial charge in [-0.3, -0.25) is 9.69 Å². The second kappa shape index (κ2) is 8.69. The average Bonchev–Trinajstić information content (AvgIpc) is 2.70. The van der Waals surface area contributed by atoms with Gasteiger partial charge in [0.1, 0.15) is 12.1 Å². The van der Waals surface area contributed by atoms with E-state index in [1.807, 2.05) is 0 Å². The minimum absolute atomic E-state index is 0.0472. The Kier molecular flexibility index (Phi) is 6.11. The van der Waals surface area contributed by atoms with Crippen molar-refractivity contribution in [1.82, 2.24) is 14.9 Å². The number of amides is 1. The Hall–Kier alpha value is -2.68. The van der Waals surface area contributed by atoms with Gasteiger partial charge >= 0.3 is 6.18 Å². The third-order valence-electron chi connectivity index (χ3n) is 6.78. The number of carbonyl (C=O) groups excluding carboxylic acids is 1. The molecule has 0 spiro atoms. The normalized spacial score (nSPS) is 22.5. The molecule has 2 aromatic rings. The molecule has 172 valence electrons. The number of hydrogen-bond acceptors (Lipinski definition) is 5. The van der Waals surface area contributed by atoms with Crippen molar-refractivity contribution in [3.63, 3.8) is 0 Å². The van der Waals surface area contributed by atoms with Crippen molar-refractivity contribution >= 4 is 22.6 Å². The van der Waals surface area contributed by atoms with Crippen molar-refractivity contribution in [3.8, 4) is 0 Å². The number of benzene rings is 1. The van der Waals surface area contributed by atoms with Crippen LogP contribution in [0, 0.1) is 5.92 Å². The highest BCUT2D eigenvalue weighted by Crippen LogP contribution is 2.37. The van der Waals surface area contributed by atoms with Gasteiger partial charge in [0, 0.05) is 24.5 Å². The number of carbonyl (C=O) groups is 1. The molecule has 9 heteroatoms. The smallest absolute Gasteiger partial charge is 0.368 e. The SMILES string of the molecule is C=C(C)C1CCC(N2CC(N(CC(N)=O)c3ncnc4ccc(C(F)(F)F)cc34)C2)CC1. The molecule has 32 heavy (non-hydrogen) atoms. The van der Waals surface area contributed by atoms with Gasteiger partial charge in [0.25, 0.3) is 0 Å². The number of nitrogens with zero attached hydrogens (tertiary/aromatic N) is 4. The van der Waals surface area contributed by atoms with Crippen molar-refractivity contribution < 1.29 is 18.0 Å². The van der Waals surface area contributed by atoms with Crippen LogP contribution < -0.4 is 10.6 Å². The number of aromatic nitrogens is 2. The fraction of sp³-hybridized carbons (Fsp3) is 0.522. The lowest BCUT2D eigenvalue weighted by Gasteiger charge is -2.50. The summed E-state index contributed by atoms with van der Waals surface area (Å²) in [4.78, 5) is 24.3. The minimum atomic E-state index is -4.48. The fourth-order valence-electron chi connectivity index (χ4n) is 4.91. The van der Waals surface area contributed by atoms with Crippen LogP contribution in [-0.4, -0.2) is 52.5 Å². The Bertz CT molecular complexity index is 1010. The number of fused-ring (bicyclic) bond motifs is 1. The van der Waals surface area contributed by atoms with Crippen molar-refractivity contribution in [1.29, 1.82) is 0 Å². The number of likely N-dealkylation sites (tertiary alicyclic amines) is 1. The number of rotatable bonds is 6. The topological polar surface area (TPSA) is 75.3 Å². The van der Waals surface area contributed by atoms with Gasteiger partial charge in [0.15, 0.2) is 0 Å². The van der Waals surface area contributed by atoms with Crippen LogP contribution in [0.25, 0.3) is 10.9 Å². The number of alkyl halides is 3. The second-order valence-electron chi connectivity index (χ2n) is 8.98. The van der Waals surface area contributed by atoms with Gasteiger partial charge in [-0.05, 0) is 56.7 Å². The molecule has 1 aromatic carbocycles. The van der Waals surface area contributed by atoms with Gasteiger partial charge in [0.2, 0.25) is 5.91 Å². The van der Waals surface area contributed by atoms with Crippen LogP contribution in [0.5, 0.6) is 0 Å². The number of halogens is 3. The fourth-order valence-corrected chi connectivity index (χ4v) is 4.91. The summed E-state index contributed by atoms with van der Waals surface area (Å²) in [5.41, 5.74) is 6.35. The van der Waals surface area contributed by atoms with Gasteiger partial charge in [-0.25, -0.2) is 9.97 Å². The Morgan fingerprint density at radius 3 is 2.50 bits per heavy atom. The Balaban J connectivity index is 1.55. The van der Waals surface area contributed by atoms with Gasteiger partial charge in [-0.1, -0.05) is 12.2 Å². The maximum atomic E-state index is 13.3. The van der Waals surface area contributed by atoms with E-state index >= 15 is 0 Å². The largest absolute Gasteiger partial charge is 0.416 e. The molecule has 2 fully saturated rings. The highest BCUT2D eigenvalue weighted by atomic mass is 19.4. The molecule has 1 saturated heterocycles. The molecule has 1 amide bonds. The first-order valence-electron chi connectivity index (χ1n) is 10.9. The standard InChI is InChI=1S/C23H28F3N5O/c1-14(2)15-3-6-17(7-4-15)30-10-18(11-30)31(12-21(27)32)22-19-9-16(23(24,25)26)5-8-20(19)28-13-29-22/h5,8-9,13,15,17-18H,1,3-4,6-7,10-12H2,2H3,(H2,27,32). The van der Waals surface area contributed by atoms with Crippen molar-refractivity contribution in [2.24, 2.45) is 11.7 Å². The molecule has 0 atom stereocenters. The maximum absolute atomic E-state index is 13.3. The predicted octanol–water partition coefficient (Wildman–Crippen LogP) is 3.76. The van der Waals surface area contributed by atoms with Crippen LogP contribution in [0.1, 0.15) is 38.2 Å². The lowest BCUT2D eigenvalue weighted by molar-refractivity contribution is -0.137. The Labute approximate surface area is 185 Å². The van der Waals surface area contributed by atoms with E-state index in [-0.39, 0.29) is 18.0 Å². The van der Waals surface area contributed by atoms with Crippen LogP contribution >= 0.6 is 0 Å². The van der Waals surface area contributed by atoms with Crippen LogP contribution in [0.15, 0.2) is 36.7 Å². The van der Waals surface area contributed by atoms with E-state index in [1.165, 1.54) is 18.0 Å². The maximum Gasteiger partial charge on any atom is 0.416 e. The monoisotopic (exact) mass is 447 g/mol. The lowest BCUT2D eigenvalue weighted by atomic mass is 9.81. The van der Waals surface area contributed by atoms with E-state index in [1.54, 1.807) is 4.90 Å². The van der Waals surface area contributed by atoms with Crippen LogP contribution in [0.4, 0.5) is 19.0 Å². The summed E-state index contributed by atoms with van der Waals surface area (Å²) in [6, 6.07) is 3.82. The molecule has 2 N–H and O–H groups in total. The molecule has 1 saturated carbocycles. The highest BCUT2D eigenvalue weighted by molar-refractivity contribution is 5.92. The molecule has 1 aliphatic heterocycles. The molecule has 0 bridgehead atoms. The van der Waals surface area contributed by atoms with Crippen molar-refractivity contribution in [3.05, 3.63) is 42.2 Å². The molecule has 1 aromatic heterocycles. The molecular formula is C23H28F3N5O. The summed E-state index contributed by atoms with van der Waals surface area (Å²) in [7, 11) is 0. The number of anilines is 1. The summed E-state index contributed by atoms with van der Waals surface area (Å²) >= 11 is 0. The average molecular weight is 448 g/mol. The Morgan fingerprint density at radius 1 is 1.22 bits per heavy atom. The highest BCUT2D eigenvalue weighted by Gasteiger charge is 2.39. The van der Waals surface area contributed by atoms with Crippen LogP contribution in [0.2, 0.25) is 0 Å². The van der Waals surface area contributed by atoms with E-state index in [4.69, 9.17) is 5.73 Å². The molecule has 0 radical (unpaired) electrons. The van der Waals surface area contributed by atoms with Gasteiger partial charge < -0.3 is 10.6 Å². The summed E-state index contributed by atoms with van der Waals surface area (Å²) in [5, 5.41) is 0.268. The van der Waals surface area contributed by atoms with Crippen LogP contribution in [0.3, 0.4) is 0 Å². The zero-order valence-corrected chi connectivity index (χ0v) is 18.1. The summed E-state index contributed by atoms with van der Waals surface area (Å²) in [6.07, 6.45) is 1.29. The van der Waals surface area contributed by atoms with Gasteiger partial charge in [0.05, 0.1) is 23.7 Å². The third kappa shape index (κ3) is 4.57. The van der Waals surface area contributed by atoms with E-state index < -0.39 is 17.6 Å². The molecule has 4 rings (SSSR count). The summed E-state index contributed by atoms with van der Waals surface area (Å²) < 4.78 is 39.9. The van der Waals surface area contributed by atoms with E-state index in [2.05, 4.69) is 28.4 Å². The molecule has 1 aliphatic carbocycles. The number of nitrogens with two attached hydrogens (primary N) is 1. The van der Waals surface area contributed by atoms with Gasteiger partial charge in [-0.2, -0.15) is 13.2 Å². The molecule has 0 unspecified atom stereocenters. The van der Waals surface area contributed by atoms with Crippen molar-refractivity contribution in [2.45, 2.75) is 50.9 Å². The van der Waals surface area contributed by atoms with Crippen molar-refractivity contribution in [2.75, 3.05) is 24.5 Å². The molecule has 6 nitrogen and oxygen atoms in total. The summed E-state index contributed by atoms with van der Waals surface area (Å²) in [6.45, 7) is 7.50. The minimum Gasteiger partial charge on any atom is -0.368 e. The quantitative estimate of drug-likeness (QED) is 0.683. The van der Waals surface area contributed by atoms with E-state index in [9.17, 15) is 18.0 Å². The van der Waals surface area contributed by atoms with Crippen LogP contribution in [-0.2, 0) is 11.0 Å².